The molecule has 0 aliphatic carbocycles. The normalized spacial score (nSPS) is 12.7. The van der Waals surface area contributed by atoms with Gasteiger partial charge in [0.05, 0.1) is 0 Å². The van der Waals surface area contributed by atoms with Crippen molar-refractivity contribution >= 4 is 17.9 Å². The van der Waals surface area contributed by atoms with Crippen LogP contribution in [0.5, 0.6) is 0 Å². The molecule has 0 aromatic rings. The Labute approximate surface area is 515 Å². The quantitative estimate of drug-likeness (QED) is 0.0261. The van der Waals surface area contributed by atoms with Crippen molar-refractivity contribution in [1.29, 1.82) is 0 Å². The molecule has 6 heteroatoms. The third kappa shape index (κ3) is 69.0. The number of carbonyl (C=O) groups is 3. The predicted molar refractivity (Wildman–Crippen MR) is 362 cm³/mol. The Hall–Kier alpha value is -3.67. The number of carbonyl (C=O) groups excluding carboxylic acids is 3. The first-order chi connectivity index (χ1) is 41.0. The summed E-state index contributed by atoms with van der Waals surface area (Å²) in [5, 5.41) is 0. The van der Waals surface area contributed by atoms with Crippen LogP contribution in [0.1, 0.15) is 355 Å². The van der Waals surface area contributed by atoms with Crippen LogP contribution in [0.4, 0.5) is 0 Å². The summed E-state index contributed by atoms with van der Waals surface area (Å²) in [5.41, 5.74) is 0. The zero-order chi connectivity index (χ0) is 59.9. The summed E-state index contributed by atoms with van der Waals surface area (Å²) in [7, 11) is 0. The number of hydrogen-bond acceptors (Lipinski definition) is 6. The molecule has 0 N–H and O–H groups in total. The summed E-state index contributed by atoms with van der Waals surface area (Å²) >= 11 is 0. The highest BCUT2D eigenvalue weighted by Crippen LogP contribution is 2.17. The fourth-order valence-electron chi connectivity index (χ4n) is 10.2. The van der Waals surface area contributed by atoms with Gasteiger partial charge in [-0.05, 0) is 103 Å². The molecule has 0 aliphatic heterocycles. The highest BCUT2D eigenvalue weighted by Gasteiger charge is 2.19. The number of rotatable bonds is 65. The van der Waals surface area contributed by atoms with Crippen LogP contribution in [0.3, 0.4) is 0 Å². The van der Waals surface area contributed by atoms with Crippen LogP contribution >= 0.6 is 0 Å². The van der Waals surface area contributed by atoms with Gasteiger partial charge in [0, 0.05) is 19.3 Å². The Kier molecular flexibility index (Phi) is 67.7. The van der Waals surface area contributed by atoms with E-state index >= 15 is 0 Å². The molecule has 1 unspecified atom stereocenters. The van der Waals surface area contributed by atoms with Gasteiger partial charge in [0.1, 0.15) is 13.2 Å². The lowest BCUT2D eigenvalue weighted by atomic mass is 10.0. The molecule has 0 radical (unpaired) electrons. The SMILES string of the molecule is CC/C=C\C/C=C\C/C=C\C/C=C\C/C=C\C/C=C\CCCCCCCCC(=O)OCC(COC(=O)CCCCCCCCCCCCCCCCCCC)OC(=O)CCCCCCCCCCCCC/C=C\C/C=C\CCCCCCC. The molecular weight excluding hydrogens is 1020 g/mol. The Morgan fingerprint density at radius 1 is 0.253 bits per heavy atom. The third-order valence-corrected chi connectivity index (χ3v) is 15.6. The zero-order valence-corrected chi connectivity index (χ0v) is 54.9. The number of ether oxygens (including phenoxy) is 3. The Bertz CT molecular complexity index is 1610. The standard InChI is InChI=1S/C77H134O6/c1-4-7-10-13-16-19-22-25-28-31-33-35-37-38-40-41-43-46-49-52-55-58-61-64-67-70-76(79)82-73-74(72-81-75(78)69-66-63-60-57-54-51-48-45-30-27-24-21-18-15-12-9-6-3)83-77(80)71-68-65-62-59-56-53-50-47-44-42-39-36-34-32-29-26-23-20-17-14-11-8-5-2/h7,10,16,19,23,25-26,28,32-35,38,40,43,46,74H,4-6,8-9,11-15,17-18,20-22,24,27,29-31,36-37,39,41-42,44-45,47-73H2,1-3H3/b10-7-,19-16-,26-23-,28-25-,34-32-,35-33-,40-38-,46-43-. The lowest BCUT2D eigenvalue weighted by Crippen LogP contribution is -2.30. The molecule has 0 aromatic heterocycles. The first-order valence-corrected chi connectivity index (χ1v) is 35.7. The van der Waals surface area contributed by atoms with Gasteiger partial charge in [0.25, 0.3) is 0 Å². The molecule has 478 valence electrons. The average Bonchev–Trinajstić information content (AvgIpc) is 3.49. The van der Waals surface area contributed by atoms with E-state index in [9.17, 15) is 14.4 Å². The van der Waals surface area contributed by atoms with Gasteiger partial charge in [0.2, 0.25) is 0 Å². The van der Waals surface area contributed by atoms with Crippen LogP contribution in [-0.2, 0) is 28.6 Å². The summed E-state index contributed by atoms with van der Waals surface area (Å²) in [6.45, 7) is 6.55. The van der Waals surface area contributed by atoms with Gasteiger partial charge in [-0.3, -0.25) is 14.4 Å². The van der Waals surface area contributed by atoms with E-state index in [1.54, 1.807) is 0 Å². The van der Waals surface area contributed by atoms with Crippen molar-refractivity contribution in [1.82, 2.24) is 0 Å². The minimum absolute atomic E-state index is 0.0797. The highest BCUT2D eigenvalue weighted by atomic mass is 16.6. The van der Waals surface area contributed by atoms with Crippen LogP contribution < -0.4 is 0 Å². The number of hydrogen-bond donors (Lipinski definition) is 0. The molecule has 0 amide bonds. The molecule has 0 saturated carbocycles. The van der Waals surface area contributed by atoms with Gasteiger partial charge >= 0.3 is 17.9 Å². The second-order valence-electron chi connectivity index (χ2n) is 23.8. The summed E-state index contributed by atoms with van der Waals surface area (Å²) in [6.07, 6.45) is 95.6. The van der Waals surface area contributed by atoms with Gasteiger partial charge in [-0.2, -0.15) is 0 Å². The fourth-order valence-corrected chi connectivity index (χ4v) is 10.2. The van der Waals surface area contributed by atoms with E-state index in [0.717, 1.165) is 116 Å². The molecule has 0 aromatic carbocycles. The Balaban J connectivity index is 4.39. The Morgan fingerprint density at radius 2 is 0.470 bits per heavy atom. The third-order valence-electron chi connectivity index (χ3n) is 15.6. The molecule has 0 heterocycles. The van der Waals surface area contributed by atoms with Crippen LogP contribution in [0.2, 0.25) is 0 Å². The highest BCUT2D eigenvalue weighted by molar-refractivity contribution is 5.71. The Morgan fingerprint density at radius 3 is 0.735 bits per heavy atom. The monoisotopic (exact) mass is 1160 g/mol. The van der Waals surface area contributed by atoms with Gasteiger partial charge in [-0.15, -0.1) is 0 Å². The van der Waals surface area contributed by atoms with E-state index in [4.69, 9.17) is 14.2 Å². The smallest absolute Gasteiger partial charge is 0.306 e. The van der Waals surface area contributed by atoms with Crippen molar-refractivity contribution in [2.24, 2.45) is 0 Å². The summed E-state index contributed by atoms with van der Waals surface area (Å²) in [6, 6.07) is 0. The van der Waals surface area contributed by atoms with E-state index in [1.165, 1.54) is 199 Å². The van der Waals surface area contributed by atoms with Crippen LogP contribution in [0.25, 0.3) is 0 Å². The summed E-state index contributed by atoms with van der Waals surface area (Å²) < 4.78 is 17.0. The molecular formula is C77H134O6. The van der Waals surface area contributed by atoms with Crippen LogP contribution in [0, 0.1) is 0 Å². The maximum absolute atomic E-state index is 13.0. The zero-order valence-electron chi connectivity index (χ0n) is 54.9. The van der Waals surface area contributed by atoms with Crippen LogP contribution in [0.15, 0.2) is 97.2 Å². The van der Waals surface area contributed by atoms with Gasteiger partial charge in [-0.1, -0.05) is 330 Å². The summed E-state index contributed by atoms with van der Waals surface area (Å²) in [5.74, 6) is -0.878. The van der Waals surface area contributed by atoms with Crippen molar-refractivity contribution in [3.8, 4) is 0 Å². The summed E-state index contributed by atoms with van der Waals surface area (Å²) in [4.78, 5) is 38.5. The molecule has 0 rings (SSSR count). The second kappa shape index (κ2) is 70.8. The molecule has 0 saturated heterocycles. The first kappa shape index (κ1) is 79.3. The van der Waals surface area contributed by atoms with Crippen molar-refractivity contribution in [3.05, 3.63) is 97.2 Å². The van der Waals surface area contributed by atoms with Crippen molar-refractivity contribution in [2.75, 3.05) is 13.2 Å². The van der Waals surface area contributed by atoms with Crippen LogP contribution in [-0.4, -0.2) is 37.2 Å². The maximum Gasteiger partial charge on any atom is 0.306 e. The van der Waals surface area contributed by atoms with Gasteiger partial charge in [0.15, 0.2) is 6.10 Å². The lowest BCUT2D eigenvalue weighted by molar-refractivity contribution is -0.167. The number of unbranched alkanes of at least 4 members (excludes halogenated alkanes) is 38. The number of allylic oxidation sites excluding steroid dienone is 16. The van der Waals surface area contributed by atoms with Gasteiger partial charge < -0.3 is 14.2 Å². The largest absolute Gasteiger partial charge is 0.462 e. The minimum Gasteiger partial charge on any atom is -0.462 e. The fraction of sp³-hybridized carbons (Fsp3) is 0.753. The molecule has 6 nitrogen and oxygen atoms in total. The predicted octanol–water partition coefficient (Wildman–Crippen LogP) is 24.8. The minimum atomic E-state index is -0.787. The van der Waals surface area contributed by atoms with Crippen molar-refractivity contribution in [2.45, 2.75) is 361 Å². The van der Waals surface area contributed by atoms with Gasteiger partial charge in [-0.25, -0.2) is 0 Å². The number of esters is 3. The topological polar surface area (TPSA) is 78.9 Å². The maximum atomic E-state index is 13.0. The van der Waals surface area contributed by atoms with Crippen molar-refractivity contribution < 1.29 is 28.6 Å². The first-order valence-electron chi connectivity index (χ1n) is 35.7. The molecule has 0 aliphatic rings. The molecule has 0 bridgehead atoms. The lowest BCUT2D eigenvalue weighted by Gasteiger charge is -2.18. The van der Waals surface area contributed by atoms with E-state index in [-0.39, 0.29) is 31.1 Å². The van der Waals surface area contributed by atoms with Crippen molar-refractivity contribution in [3.63, 3.8) is 0 Å². The average molecular weight is 1160 g/mol. The molecule has 0 spiro atoms. The molecule has 83 heavy (non-hydrogen) atoms. The molecule has 0 fully saturated rings. The van der Waals surface area contributed by atoms with E-state index in [0.29, 0.717) is 19.3 Å². The molecule has 1 atom stereocenters. The van der Waals surface area contributed by atoms with E-state index in [1.807, 2.05) is 0 Å². The van der Waals surface area contributed by atoms with E-state index in [2.05, 4.69) is 118 Å². The van der Waals surface area contributed by atoms with E-state index < -0.39 is 6.10 Å². The second-order valence-corrected chi connectivity index (χ2v) is 23.8.